The largest absolute Gasteiger partial charge is 0.508 e. The molecule has 0 aliphatic heterocycles. The van der Waals surface area contributed by atoms with Crippen LogP contribution in [0.1, 0.15) is 39.5 Å². The quantitative estimate of drug-likeness (QED) is 0.592. The summed E-state index contributed by atoms with van der Waals surface area (Å²) in [4.78, 5) is 0. The van der Waals surface area contributed by atoms with E-state index in [1.165, 1.54) is 19.3 Å². The minimum atomic E-state index is 0.100. The van der Waals surface area contributed by atoms with Crippen molar-refractivity contribution in [3.8, 4) is 22.6 Å². The summed E-state index contributed by atoms with van der Waals surface area (Å²) < 4.78 is 11.6. The zero-order valence-corrected chi connectivity index (χ0v) is 14.7. The molecule has 1 N–H and O–H groups in total. The highest BCUT2D eigenvalue weighted by molar-refractivity contribution is 5.64. The summed E-state index contributed by atoms with van der Waals surface area (Å²) in [5.41, 5.74) is 2.17. The number of rotatable bonds is 10. The van der Waals surface area contributed by atoms with Gasteiger partial charge in [-0.3, -0.25) is 0 Å². The Morgan fingerprint density at radius 2 is 1.50 bits per heavy atom. The smallest absolute Gasteiger partial charge is 0.119 e. The maximum absolute atomic E-state index is 9.34. The summed E-state index contributed by atoms with van der Waals surface area (Å²) in [7, 11) is 0. The zero-order valence-electron chi connectivity index (χ0n) is 14.7. The molecule has 3 heteroatoms. The van der Waals surface area contributed by atoms with Gasteiger partial charge in [0.05, 0.1) is 6.10 Å². The fraction of sp³-hybridized carbons (Fsp3) is 0.429. The van der Waals surface area contributed by atoms with Crippen LogP contribution in [0, 0.1) is 0 Å². The molecule has 0 saturated heterocycles. The molecule has 1 unspecified atom stereocenters. The summed E-state index contributed by atoms with van der Waals surface area (Å²) in [5, 5.41) is 9.34. The van der Waals surface area contributed by atoms with Gasteiger partial charge in [0.25, 0.3) is 0 Å². The van der Waals surface area contributed by atoms with Crippen LogP contribution in [0.15, 0.2) is 48.5 Å². The third-order valence-electron chi connectivity index (χ3n) is 3.94. The molecule has 2 rings (SSSR count). The lowest BCUT2D eigenvalue weighted by Crippen LogP contribution is -2.18. The van der Waals surface area contributed by atoms with E-state index >= 15 is 0 Å². The Hall–Kier alpha value is -2.00. The van der Waals surface area contributed by atoms with Crippen molar-refractivity contribution < 1.29 is 14.6 Å². The van der Waals surface area contributed by atoms with Crippen LogP contribution >= 0.6 is 0 Å². The number of ether oxygens (including phenoxy) is 2. The number of phenolic OH excluding ortho intramolecular Hbond substituents is 1. The van der Waals surface area contributed by atoms with Crippen LogP contribution in [0.25, 0.3) is 11.1 Å². The van der Waals surface area contributed by atoms with Crippen molar-refractivity contribution in [2.24, 2.45) is 0 Å². The van der Waals surface area contributed by atoms with Crippen molar-refractivity contribution in [1.29, 1.82) is 0 Å². The lowest BCUT2D eigenvalue weighted by atomic mass is 10.1. The topological polar surface area (TPSA) is 38.7 Å². The van der Waals surface area contributed by atoms with Crippen LogP contribution in [0.4, 0.5) is 0 Å². The van der Waals surface area contributed by atoms with Gasteiger partial charge >= 0.3 is 0 Å². The first-order valence-corrected chi connectivity index (χ1v) is 8.83. The van der Waals surface area contributed by atoms with Gasteiger partial charge in [0.15, 0.2) is 0 Å². The van der Waals surface area contributed by atoms with Crippen LogP contribution in [0.5, 0.6) is 11.5 Å². The normalized spacial score (nSPS) is 12.1. The van der Waals surface area contributed by atoms with Crippen LogP contribution in [-0.4, -0.2) is 24.4 Å². The van der Waals surface area contributed by atoms with Crippen LogP contribution in [0.3, 0.4) is 0 Å². The number of hydrogen-bond acceptors (Lipinski definition) is 3. The summed E-state index contributed by atoms with van der Waals surface area (Å²) in [6, 6.07) is 15.2. The third-order valence-corrected chi connectivity index (χ3v) is 3.94. The predicted molar refractivity (Wildman–Crippen MR) is 98.6 cm³/mol. The molecule has 0 aliphatic carbocycles. The van der Waals surface area contributed by atoms with Gasteiger partial charge in [0, 0.05) is 6.61 Å². The molecule has 0 saturated carbocycles. The van der Waals surface area contributed by atoms with E-state index in [4.69, 9.17) is 9.47 Å². The van der Waals surface area contributed by atoms with Gasteiger partial charge in [-0.15, -0.1) is 0 Å². The lowest BCUT2D eigenvalue weighted by molar-refractivity contribution is 0.0303. The van der Waals surface area contributed by atoms with E-state index in [1.54, 1.807) is 12.1 Å². The first kappa shape index (κ1) is 18.3. The van der Waals surface area contributed by atoms with Crippen molar-refractivity contribution in [2.45, 2.75) is 45.6 Å². The Morgan fingerprint density at radius 3 is 2.12 bits per heavy atom. The van der Waals surface area contributed by atoms with Crippen molar-refractivity contribution in [1.82, 2.24) is 0 Å². The van der Waals surface area contributed by atoms with Gasteiger partial charge in [-0.25, -0.2) is 0 Å². The highest BCUT2D eigenvalue weighted by Gasteiger charge is 2.04. The molecule has 0 spiro atoms. The fourth-order valence-electron chi connectivity index (χ4n) is 2.47. The Balaban J connectivity index is 1.74. The number of hydrogen-bond donors (Lipinski definition) is 1. The van der Waals surface area contributed by atoms with Gasteiger partial charge in [0.1, 0.15) is 18.1 Å². The van der Waals surface area contributed by atoms with Gasteiger partial charge in [-0.1, -0.05) is 50.5 Å². The third kappa shape index (κ3) is 6.25. The zero-order chi connectivity index (χ0) is 17.2. The Bertz CT molecular complexity index is 575. The minimum absolute atomic E-state index is 0.100. The van der Waals surface area contributed by atoms with Gasteiger partial charge in [0.2, 0.25) is 0 Å². The molecule has 0 fully saturated rings. The molecule has 0 aromatic heterocycles. The summed E-state index contributed by atoms with van der Waals surface area (Å²) in [6.45, 7) is 5.63. The lowest BCUT2D eigenvalue weighted by Gasteiger charge is -2.14. The van der Waals surface area contributed by atoms with Crippen LogP contribution in [0.2, 0.25) is 0 Å². The Labute approximate surface area is 145 Å². The van der Waals surface area contributed by atoms with Crippen LogP contribution in [-0.2, 0) is 4.74 Å². The van der Waals surface area contributed by atoms with Crippen LogP contribution < -0.4 is 4.74 Å². The van der Waals surface area contributed by atoms with Crippen molar-refractivity contribution in [3.05, 3.63) is 48.5 Å². The van der Waals surface area contributed by atoms with Gasteiger partial charge < -0.3 is 14.6 Å². The predicted octanol–water partition coefficient (Wildman–Crippen LogP) is 5.42. The molecule has 1 atom stereocenters. The molecule has 130 valence electrons. The van der Waals surface area contributed by atoms with E-state index in [0.29, 0.717) is 6.61 Å². The van der Waals surface area contributed by atoms with E-state index in [1.807, 2.05) is 43.3 Å². The number of unbranched alkanes of at least 4 members (excludes halogenated alkanes) is 3. The highest BCUT2D eigenvalue weighted by Crippen LogP contribution is 2.24. The number of aromatic hydroxyl groups is 1. The van der Waals surface area contributed by atoms with Gasteiger partial charge in [-0.2, -0.15) is 0 Å². The molecule has 0 aliphatic rings. The van der Waals surface area contributed by atoms with E-state index in [-0.39, 0.29) is 11.9 Å². The van der Waals surface area contributed by atoms with E-state index < -0.39 is 0 Å². The first-order chi connectivity index (χ1) is 11.7. The average Bonchev–Trinajstić information content (AvgIpc) is 2.61. The fourth-order valence-corrected chi connectivity index (χ4v) is 2.47. The number of benzene rings is 2. The Kier molecular flexibility index (Phi) is 7.63. The average molecular weight is 328 g/mol. The molecule has 24 heavy (non-hydrogen) atoms. The SMILES string of the molecule is CCCCCCOC(C)COc1ccc(-c2ccc(O)cc2)cc1. The first-order valence-electron chi connectivity index (χ1n) is 8.83. The molecule has 0 radical (unpaired) electrons. The standard InChI is InChI=1S/C21H28O3/c1-3-4-5-6-15-23-17(2)16-24-21-13-9-19(10-14-21)18-7-11-20(22)12-8-18/h7-14,17,22H,3-6,15-16H2,1-2H3. The summed E-state index contributed by atoms with van der Waals surface area (Å²) in [5.74, 6) is 1.13. The highest BCUT2D eigenvalue weighted by atomic mass is 16.5. The van der Waals surface area contributed by atoms with Crippen molar-refractivity contribution >= 4 is 0 Å². The van der Waals surface area contributed by atoms with Crippen molar-refractivity contribution in [3.63, 3.8) is 0 Å². The second kappa shape index (κ2) is 9.99. The second-order valence-corrected chi connectivity index (χ2v) is 6.12. The summed E-state index contributed by atoms with van der Waals surface area (Å²) >= 11 is 0. The van der Waals surface area contributed by atoms with E-state index in [9.17, 15) is 5.11 Å². The second-order valence-electron chi connectivity index (χ2n) is 6.12. The molecule has 3 nitrogen and oxygen atoms in total. The minimum Gasteiger partial charge on any atom is -0.508 e. The summed E-state index contributed by atoms with van der Waals surface area (Å²) in [6.07, 6.45) is 4.99. The molecule has 0 heterocycles. The molecule has 0 amide bonds. The van der Waals surface area contributed by atoms with E-state index in [0.717, 1.165) is 29.9 Å². The molecule has 2 aromatic rings. The molecule has 2 aromatic carbocycles. The molecular weight excluding hydrogens is 300 g/mol. The maximum Gasteiger partial charge on any atom is 0.119 e. The monoisotopic (exact) mass is 328 g/mol. The Morgan fingerprint density at radius 1 is 0.875 bits per heavy atom. The molecular formula is C21H28O3. The maximum atomic E-state index is 9.34. The molecule has 0 bridgehead atoms. The van der Waals surface area contributed by atoms with E-state index in [2.05, 4.69) is 6.92 Å². The van der Waals surface area contributed by atoms with Crippen molar-refractivity contribution in [2.75, 3.05) is 13.2 Å². The van der Waals surface area contributed by atoms with Gasteiger partial charge in [-0.05, 0) is 48.7 Å². The number of phenols is 1.